The monoisotopic (exact) mass is 309 g/mol. The molecule has 9 nitrogen and oxygen atoms in total. The largest absolute Gasteiger partial charge is 0.376 e. The molecule has 1 aliphatic heterocycles. The average Bonchev–Trinajstić information content (AvgIpc) is 3.00. The predicted octanol–water partition coefficient (Wildman–Crippen LogP) is 1.80. The molecule has 1 aliphatic rings. The number of nitro benzene ring substituents is 2. The van der Waals surface area contributed by atoms with Crippen molar-refractivity contribution in [1.29, 1.82) is 0 Å². The van der Waals surface area contributed by atoms with Crippen LogP contribution in [0.2, 0.25) is 0 Å². The third-order valence-corrected chi connectivity index (χ3v) is 3.47. The fourth-order valence-corrected chi connectivity index (χ4v) is 2.32. The Kier molecular flexibility index (Phi) is 4.66. The number of ether oxygens (including phenoxy) is 1. The van der Waals surface area contributed by atoms with E-state index < -0.39 is 27.1 Å². The lowest BCUT2D eigenvalue weighted by Crippen LogP contribution is -2.40. The predicted molar refractivity (Wildman–Crippen MR) is 75.7 cm³/mol. The topological polar surface area (TPSA) is 125 Å². The van der Waals surface area contributed by atoms with E-state index in [2.05, 4.69) is 5.32 Å². The zero-order valence-corrected chi connectivity index (χ0v) is 11.9. The van der Waals surface area contributed by atoms with E-state index in [9.17, 15) is 25.0 Å². The molecule has 1 heterocycles. The fraction of sp³-hybridized carbons (Fsp3) is 0.462. The van der Waals surface area contributed by atoms with Gasteiger partial charge in [0, 0.05) is 18.7 Å². The smallest absolute Gasteiger partial charge is 0.277 e. The van der Waals surface area contributed by atoms with Crippen molar-refractivity contribution in [3.05, 3.63) is 44.0 Å². The molecule has 118 valence electrons. The van der Waals surface area contributed by atoms with E-state index in [0.29, 0.717) is 6.61 Å². The number of hydrogen-bond acceptors (Lipinski definition) is 6. The lowest BCUT2D eigenvalue weighted by Gasteiger charge is -2.19. The Balaban J connectivity index is 2.20. The van der Waals surface area contributed by atoms with Gasteiger partial charge < -0.3 is 10.1 Å². The highest BCUT2D eigenvalue weighted by molar-refractivity contribution is 5.95. The summed E-state index contributed by atoms with van der Waals surface area (Å²) in [5.74, 6) is -0.602. The van der Waals surface area contributed by atoms with Gasteiger partial charge in [-0.15, -0.1) is 0 Å². The van der Waals surface area contributed by atoms with Crippen molar-refractivity contribution in [2.24, 2.45) is 0 Å². The summed E-state index contributed by atoms with van der Waals surface area (Å²) in [5, 5.41) is 24.3. The standard InChI is InChI=1S/C13H15N3O6/c1-8(12-3-2-4-22-12)14-13(17)9-5-10(15(18)19)7-11(6-9)16(20)21/h5-8,12H,2-4H2,1H3,(H,14,17)/t8-,12-/m1/s1. The van der Waals surface area contributed by atoms with E-state index in [1.807, 2.05) is 0 Å². The van der Waals surface area contributed by atoms with Crippen molar-refractivity contribution >= 4 is 17.3 Å². The van der Waals surface area contributed by atoms with Crippen molar-refractivity contribution in [1.82, 2.24) is 5.32 Å². The van der Waals surface area contributed by atoms with Crippen LogP contribution in [-0.2, 0) is 4.74 Å². The SMILES string of the molecule is C[C@@H](NC(=O)c1cc([N+](=O)[O-])cc([N+](=O)[O-])c1)[C@H]1CCCO1. The van der Waals surface area contributed by atoms with Crippen molar-refractivity contribution < 1.29 is 19.4 Å². The van der Waals surface area contributed by atoms with Gasteiger partial charge in [0.1, 0.15) is 0 Å². The summed E-state index contributed by atoms with van der Waals surface area (Å²) in [4.78, 5) is 32.2. The Hall–Kier alpha value is -2.55. The number of rotatable bonds is 5. The number of nitro groups is 2. The molecule has 9 heteroatoms. The Bertz CT molecular complexity index is 580. The minimum absolute atomic E-state index is 0.113. The minimum Gasteiger partial charge on any atom is -0.376 e. The number of nitrogens with one attached hydrogen (secondary N) is 1. The molecule has 1 aromatic rings. The molecule has 1 aromatic carbocycles. The molecular weight excluding hydrogens is 294 g/mol. The molecule has 0 spiro atoms. The van der Waals surface area contributed by atoms with Gasteiger partial charge in [0.05, 0.1) is 33.6 Å². The maximum atomic E-state index is 12.1. The van der Waals surface area contributed by atoms with Gasteiger partial charge >= 0.3 is 0 Å². The number of amides is 1. The highest BCUT2D eigenvalue weighted by atomic mass is 16.6. The summed E-state index contributed by atoms with van der Waals surface area (Å²) in [6.07, 6.45) is 1.61. The quantitative estimate of drug-likeness (QED) is 0.653. The molecule has 0 unspecified atom stereocenters. The number of hydrogen-bond donors (Lipinski definition) is 1. The van der Waals surface area contributed by atoms with E-state index in [-0.39, 0.29) is 17.7 Å². The molecule has 0 saturated carbocycles. The maximum absolute atomic E-state index is 12.1. The first-order valence-corrected chi connectivity index (χ1v) is 6.75. The molecule has 2 rings (SSSR count). The van der Waals surface area contributed by atoms with Crippen LogP contribution in [0.25, 0.3) is 0 Å². The second kappa shape index (κ2) is 6.48. The lowest BCUT2D eigenvalue weighted by molar-refractivity contribution is -0.394. The number of non-ortho nitro benzene ring substituents is 2. The summed E-state index contributed by atoms with van der Waals surface area (Å²) in [5.41, 5.74) is -1.11. The van der Waals surface area contributed by atoms with E-state index >= 15 is 0 Å². The van der Waals surface area contributed by atoms with Crippen molar-refractivity contribution in [3.8, 4) is 0 Å². The van der Waals surface area contributed by atoms with Crippen LogP contribution in [0.15, 0.2) is 18.2 Å². The van der Waals surface area contributed by atoms with Gasteiger partial charge in [0.2, 0.25) is 0 Å². The number of nitrogens with zero attached hydrogens (tertiary/aromatic N) is 2. The molecule has 1 fully saturated rings. The number of carbonyl (C=O) groups excluding carboxylic acids is 1. The molecule has 0 radical (unpaired) electrons. The Morgan fingerprint density at radius 2 is 1.86 bits per heavy atom. The zero-order valence-electron chi connectivity index (χ0n) is 11.9. The van der Waals surface area contributed by atoms with Crippen LogP contribution in [0.4, 0.5) is 11.4 Å². The Morgan fingerprint density at radius 1 is 1.27 bits per heavy atom. The molecule has 2 atom stereocenters. The van der Waals surface area contributed by atoms with Crippen LogP contribution in [0.1, 0.15) is 30.1 Å². The van der Waals surface area contributed by atoms with Gasteiger partial charge in [-0.25, -0.2) is 0 Å². The number of carbonyl (C=O) groups is 1. The second-order valence-electron chi connectivity index (χ2n) is 5.07. The van der Waals surface area contributed by atoms with Gasteiger partial charge in [-0.05, 0) is 19.8 Å². The molecule has 1 N–H and O–H groups in total. The van der Waals surface area contributed by atoms with Crippen LogP contribution < -0.4 is 5.32 Å². The third kappa shape index (κ3) is 3.55. The van der Waals surface area contributed by atoms with Crippen molar-refractivity contribution in [2.45, 2.75) is 31.9 Å². The second-order valence-corrected chi connectivity index (χ2v) is 5.07. The van der Waals surface area contributed by atoms with E-state index in [0.717, 1.165) is 31.0 Å². The Labute approximate surface area is 125 Å². The summed E-state index contributed by atoms with van der Waals surface area (Å²) < 4.78 is 5.44. The van der Waals surface area contributed by atoms with Crippen molar-refractivity contribution in [3.63, 3.8) is 0 Å². The van der Waals surface area contributed by atoms with Crippen LogP contribution >= 0.6 is 0 Å². The van der Waals surface area contributed by atoms with Gasteiger partial charge in [0.15, 0.2) is 0 Å². The summed E-state index contributed by atoms with van der Waals surface area (Å²) in [7, 11) is 0. The highest BCUT2D eigenvalue weighted by Crippen LogP contribution is 2.23. The van der Waals surface area contributed by atoms with Gasteiger partial charge in [0.25, 0.3) is 17.3 Å². The molecule has 0 bridgehead atoms. The first-order chi connectivity index (χ1) is 10.4. The van der Waals surface area contributed by atoms with E-state index in [1.165, 1.54) is 0 Å². The lowest BCUT2D eigenvalue weighted by atomic mass is 10.1. The van der Waals surface area contributed by atoms with Gasteiger partial charge in [-0.2, -0.15) is 0 Å². The normalized spacial score (nSPS) is 18.7. The van der Waals surface area contributed by atoms with Gasteiger partial charge in [-0.3, -0.25) is 25.0 Å². The van der Waals surface area contributed by atoms with E-state index in [4.69, 9.17) is 4.74 Å². The molecule has 1 amide bonds. The maximum Gasteiger partial charge on any atom is 0.277 e. The van der Waals surface area contributed by atoms with Crippen LogP contribution in [0.3, 0.4) is 0 Å². The van der Waals surface area contributed by atoms with E-state index in [1.54, 1.807) is 6.92 Å². The first-order valence-electron chi connectivity index (χ1n) is 6.75. The van der Waals surface area contributed by atoms with Crippen LogP contribution in [0.5, 0.6) is 0 Å². The fourth-order valence-electron chi connectivity index (χ4n) is 2.32. The average molecular weight is 309 g/mol. The summed E-state index contributed by atoms with van der Waals surface area (Å²) >= 11 is 0. The van der Waals surface area contributed by atoms with Crippen LogP contribution in [0, 0.1) is 20.2 Å². The first kappa shape index (κ1) is 15.8. The summed E-state index contributed by atoms with van der Waals surface area (Å²) in [6, 6.07) is 2.57. The zero-order chi connectivity index (χ0) is 16.3. The molecular formula is C13H15N3O6. The van der Waals surface area contributed by atoms with Crippen molar-refractivity contribution in [2.75, 3.05) is 6.61 Å². The number of benzene rings is 1. The molecule has 0 aromatic heterocycles. The molecule has 0 aliphatic carbocycles. The molecule has 22 heavy (non-hydrogen) atoms. The molecule has 1 saturated heterocycles. The third-order valence-electron chi connectivity index (χ3n) is 3.47. The van der Waals surface area contributed by atoms with Crippen LogP contribution in [-0.4, -0.2) is 34.5 Å². The minimum atomic E-state index is -0.771. The highest BCUT2D eigenvalue weighted by Gasteiger charge is 2.25. The summed E-state index contributed by atoms with van der Waals surface area (Å²) in [6.45, 7) is 2.40. The Morgan fingerprint density at radius 3 is 2.32 bits per heavy atom. The van der Waals surface area contributed by atoms with Gasteiger partial charge in [-0.1, -0.05) is 0 Å².